The van der Waals surface area contributed by atoms with E-state index in [1.165, 1.54) is 12.8 Å². The first-order valence-corrected chi connectivity index (χ1v) is 6.41. The minimum Gasteiger partial charge on any atom is -0.338 e. The number of hydrogen-bond donors (Lipinski definition) is 1. The Morgan fingerprint density at radius 2 is 2.12 bits per heavy atom. The third-order valence-electron chi connectivity index (χ3n) is 3.48. The molecule has 1 saturated heterocycles. The third kappa shape index (κ3) is 2.75. The summed E-state index contributed by atoms with van der Waals surface area (Å²) in [5, 5.41) is 0. The van der Waals surface area contributed by atoms with Crippen LogP contribution in [0.25, 0.3) is 0 Å². The van der Waals surface area contributed by atoms with Crippen LogP contribution in [0.2, 0.25) is 0 Å². The van der Waals surface area contributed by atoms with Crippen LogP contribution in [-0.2, 0) is 6.54 Å². The minimum absolute atomic E-state index is 0.480. The zero-order valence-electron chi connectivity index (χ0n) is 11.0. The topological polar surface area (TPSA) is 55.0 Å². The van der Waals surface area contributed by atoms with Crippen molar-refractivity contribution in [2.75, 3.05) is 11.4 Å². The van der Waals surface area contributed by atoms with E-state index in [-0.39, 0.29) is 0 Å². The van der Waals surface area contributed by atoms with E-state index in [0.717, 1.165) is 29.8 Å². The van der Waals surface area contributed by atoms with Gasteiger partial charge in [-0.25, -0.2) is 9.97 Å². The fourth-order valence-corrected chi connectivity index (χ4v) is 2.42. The number of piperidine rings is 1. The van der Waals surface area contributed by atoms with Gasteiger partial charge in [0.1, 0.15) is 0 Å². The average Bonchev–Trinajstić information content (AvgIpc) is 2.31. The molecule has 4 heteroatoms. The molecule has 0 aliphatic carbocycles. The van der Waals surface area contributed by atoms with Gasteiger partial charge in [0.05, 0.1) is 5.69 Å². The fourth-order valence-electron chi connectivity index (χ4n) is 2.42. The Bertz CT molecular complexity index is 391. The largest absolute Gasteiger partial charge is 0.338 e. The molecule has 0 bridgehead atoms. The molecule has 0 saturated carbocycles. The maximum atomic E-state index is 5.67. The molecule has 1 aliphatic heterocycles. The standard InChI is InChI=1S/C13H22N4/c1-9-4-5-11(3)17(8-9)13-15-10(2)6-12(7-14)16-13/h6,9,11H,4-5,7-8,14H2,1-3H3. The molecule has 1 aromatic rings. The molecule has 1 aromatic heterocycles. The Morgan fingerprint density at radius 1 is 1.35 bits per heavy atom. The highest BCUT2D eigenvalue weighted by Gasteiger charge is 2.25. The summed E-state index contributed by atoms with van der Waals surface area (Å²) < 4.78 is 0. The molecule has 2 heterocycles. The molecule has 0 amide bonds. The first kappa shape index (κ1) is 12.3. The van der Waals surface area contributed by atoms with Crippen molar-refractivity contribution in [2.24, 2.45) is 11.7 Å². The van der Waals surface area contributed by atoms with Crippen molar-refractivity contribution in [1.82, 2.24) is 9.97 Å². The predicted molar refractivity (Wildman–Crippen MR) is 69.9 cm³/mol. The summed E-state index contributed by atoms with van der Waals surface area (Å²) in [6.07, 6.45) is 2.52. The number of nitrogens with two attached hydrogens (primary N) is 1. The molecule has 0 spiro atoms. The van der Waals surface area contributed by atoms with Crippen LogP contribution in [0.3, 0.4) is 0 Å². The lowest BCUT2D eigenvalue weighted by Gasteiger charge is -2.37. The predicted octanol–water partition coefficient (Wildman–Crippen LogP) is 1.87. The van der Waals surface area contributed by atoms with Crippen molar-refractivity contribution in [2.45, 2.75) is 46.2 Å². The number of aryl methyl sites for hydroxylation is 1. The fraction of sp³-hybridized carbons (Fsp3) is 0.692. The van der Waals surface area contributed by atoms with E-state index in [2.05, 4.69) is 28.7 Å². The van der Waals surface area contributed by atoms with Gasteiger partial charge in [0, 0.05) is 24.8 Å². The van der Waals surface area contributed by atoms with E-state index in [4.69, 9.17) is 5.73 Å². The molecule has 17 heavy (non-hydrogen) atoms. The van der Waals surface area contributed by atoms with Gasteiger partial charge >= 0.3 is 0 Å². The number of nitrogens with zero attached hydrogens (tertiary/aromatic N) is 3. The van der Waals surface area contributed by atoms with Crippen molar-refractivity contribution < 1.29 is 0 Å². The van der Waals surface area contributed by atoms with Gasteiger partial charge in [-0.3, -0.25) is 0 Å². The molecule has 2 unspecified atom stereocenters. The molecule has 0 radical (unpaired) electrons. The Balaban J connectivity index is 2.28. The zero-order chi connectivity index (χ0) is 12.4. The van der Waals surface area contributed by atoms with E-state index in [0.29, 0.717) is 12.6 Å². The zero-order valence-corrected chi connectivity index (χ0v) is 11.0. The highest BCUT2D eigenvalue weighted by atomic mass is 15.3. The third-order valence-corrected chi connectivity index (χ3v) is 3.48. The number of rotatable bonds is 2. The maximum Gasteiger partial charge on any atom is 0.226 e. The van der Waals surface area contributed by atoms with E-state index in [1.54, 1.807) is 0 Å². The van der Waals surface area contributed by atoms with Crippen molar-refractivity contribution >= 4 is 5.95 Å². The van der Waals surface area contributed by atoms with E-state index in [9.17, 15) is 0 Å². The van der Waals surface area contributed by atoms with Crippen molar-refractivity contribution in [1.29, 1.82) is 0 Å². The number of hydrogen-bond acceptors (Lipinski definition) is 4. The molecule has 94 valence electrons. The van der Waals surface area contributed by atoms with Gasteiger partial charge in [0.25, 0.3) is 0 Å². The van der Waals surface area contributed by atoms with Gasteiger partial charge in [-0.2, -0.15) is 0 Å². The number of aromatic nitrogens is 2. The summed E-state index contributed by atoms with van der Waals surface area (Å²) in [7, 11) is 0. The van der Waals surface area contributed by atoms with Crippen molar-refractivity contribution in [3.8, 4) is 0 Å². The summed E-state index contributed by atoms with van der Waals surface area (Å²) in [5.41, 5.74) is 7.60. The molecule has 1 aliphatic rings. The molecule has 1 fully saturated rings. The summed E-state index contributed by atoms with van der Waals surface area (Å²) in [6.45, 7) is 8.07. The quantitative estimate of drug-likeness (QED) is 0.848. The van der Waals surface area contributed by atoms with Gasteiger partial charge in [-0.05, 0) is 38.7 Å². The Kier molecular flexibility index (Phi) is 3.62. The summed E-state index contributed by atoms with van der Waals surface area (Å²) in [5.74, 6) is 1.57. The lowest BCUT2D eigenvalue weighted by Crippen LogP contribution is -2.42. The van der Waals surface area contributed by atoms with Crippen LogP contribution >= 0.6 is 0 Å². The first-order valence-electron chi connectivity index (χ1n) is 6.41. The van der Waals surface area contributed by atoms with Crippen LogP contribution < -0.4 is 10.6 Å². The molecule has 2 atom stereocenters. The molecule has 4 nitrogen and oxygen atoms in total. The van der Waals surface area contributed by atoms with Crippen molar-refractivity contribution in [3.05, 3.63) is 17.5 Å². The summed E-state index contributed by atoms with van der Waals surface area (Å²) in [6, 6.07) is 2.49. The smallest absolute Gasteiger partial charge is 0.226 e. The lowest BCUT2D eigenvalue weighted by molar-refractivity contribution is 0.385. The van der Waals surface area contributed by atoms with Gasteiger partial charge < -0.3 is 10.6 Å². The van der Waals surface area contributed by atoms with Gasteiger partial charge in [0.15, 0.2) is 0 Å². The SMILES string of the molecule is Cc1cc(CN)nc(N2CC(C)CCC2C)n1. The molecular formula is C13H22N4. The minimum atomic E-state index is 0.480. The lowest BCUT2D eigenvalue weighted by atomic mass is 9.95. The monoisotopic (exact) mass is 234 g/mol. The Morgan fingerprint density at radius 3 is 2.82 bits per heavy atom. The second kappa shape index (κ2) is 5.00. The average molecular weight is 234 g/mol. The summed E-state index contributed by atoms with van der Waals surface area (Å²) in [4.78, 5) is 11.4. The van der Waals surface area contributed by atoms with E-state index < -0.39 is 0 Å². The normalized spacial score (nSPS) is 25.1. The Labute approximate surface area is 103 Å². The van der Waals surface area contributed by atoms with Gasteiger partial charge in [-0.1, -0.05) is 6.92 Å². The van der Waals surface area contributed by atoms with E-state index >= 15 is 0 Å². The molecule has 0 aromatic carbocycles. The molecule has 2 rings (SSSR count). The Hall–Kier alpha value is -1.16. The molecular weight excluding hydrogens is 212 g/mol. The van der Waals surface area contributed by atoms with Crippen LogP contribution in [0.5, 0.6) is 0 Å². The van der Waals surface area contributed by atoms with Crippen LogP contribution in [0.4, 0.5) is 5.95 Å². The van der Waals surface area contributed by atoms with E-state index in [1.807, 2.05) is 13.0 Å². The second-order valence-corrected chi connectivity index (χ2v) is 5.19. The maximum absolute atomic E-state index is 5.67. The van der Waals surface area contributed by atoms with Crippen molar-refractivity contribution in [3.63, 3.8) is 0 Å². The van der Waals surface area contributed by atoms with Crippen LogP contribution in [0.15, 0.2) is 6.07 Å². The highest BCUT2D eigenvalue weighted by Crippen LogP contribution is 2.25. The second-order valence-electron chi connectivity index (χ2n) is 5.19. The first-order chi connectivity index (χ1) is 8.10. The van der Waals surface area contributed by atoms with Gasteiger partial charge in [-0.15, -0.1) is 0 Å². The van der Waals surface area contributed by atoms with Crippen LogP contribution in [-0.4, -0.2) is 22.6 Å². The molecule has 2 N–H and O–H groups in total. The van der Waals surface area contributed by atoms with Crippen LogP contribution in [0.1, 0.15) is 38.1 Å². The summed E-state index contributed by atoms with van der Waals surface area (Å²) >= 11 is 0. The van der Waals surface area contributed by atoms with Crippen LogP contribution in [0, 0.1) is 12.8 Å². The number of anilines is 1. The highest BCUT2D eigenvalue weighted by molar-refractivity contribution is 5.34. The van der Waals surface area contributed by atoms with Gasteiger partial charge in [0.2, 0.25) is 5.95 Å².